The van der Waals surface area contributed by atoms with Crippen LogP contribution in [0.2, 0.25) is 0 Å². The third-order valence-electron chi connectivity index (χ3n) is 2.79. The summed E-state index contributed by atoms with van der Waals surface area (Å²) in [6.07, 6.45) is 4.72. The minimum Gasteiger partial charge on any atom is -0.324 e. The Labute approximate surface area is 103 Å². The zero-order valence-electron chi connectivity index (χ0n) is 10.3. The van der Waals surface area contributed by atoms with Gasteiger partial charge in [0.1, 0.15) is 0 Å². The third kappa shape index (κ3) is 7.32. The average Bonchev–Trinajstić information content (AvgIpc) is 2.24. The van der Waals surface area contributed by atoms with E-state index in [4.69, 9.17) is 9.79 Å². The molecule has 0 saturated carbocycles. The summed E-state index contributed by atoms with van der Waals surface area (Å²) in [5.41, 5.74) is 2.61. The van der Waals surface area contributed by atoms with Crippen molar-refractivity contribution in [3.63, 3.8) is 0 Å². The van der Waals surface area contributed by atoms with Crippen molar-refractivity contribution >= 4 is 7.60 Å². The van der Waals surface area contributed by atoms with Crippen LogP contribution >= 0.6 is 7.60 Å². The first-order valence-electron chi connectivity index (χ1n) is 6.07. The van der Waals surface area contributed by atoms with E-state index in [0.29, 0.717) is 6.42 Å². The van der Waals surface area contributed by atoms with Crippen molar-refractivity contribution in [2.45, 2.75) is 39.0 Å². The highest BCUT2D eigenvalue weighted by molar-refractivity contribution is 7.51. The van der Waals surface area contributed by atoms with Gasteiger partial charge >= 0.3 is 7.60 Å². The van der Waals surface area contributed by atoms with Gasteiger partial charge in [0.2, 0.25) is 0 Å². The highest BCUT2D eigenvalue weighted by Crippen LogP contribution is 2.35. The topological polar surface area (TPSA) is 57.5 Å². The van der Waals surface area contributed by atoms with E-state index in [1.54, 1.807) is 0 Å². The molecule has 0 spiro atoms. The average molecular weight is 256 g/mol. The summed E-state index contributed by atoms with van der Waals surface area (Å²) in [5.74, 6) is 0. The summed E-state index contributed by atoms with van der Waals surface area (Å²) in [6.45, 7) is 2.08. The second kappa shape index (κ2) is 6.95. The number of unbranched alkanes of at least 4 members (excludes halogenated alkanes) is 3. The van der Waals surface area contributed by atoms with E-state index in [1.165, 1.54) is 11.1 Å². The van der Waals surface area contributed by atoms with Crippen molar-refractivity contribution in [2.24, 2.45) is 0 Å². The number of hydrogen-bond donors (Lipinski definition) is 2. The van der Waals surface area contributed by atoms with Crippen LogP contribution < -0.4 is 0 Å². The van der Waals surface area contributed by atoms with E-state index in [0.717, 1.165) is 25.7 Å². The second-order valence-electron chi connectivity index (χ2n) is 4.54. The molecule has 3 nitrogen and oxygen atoms in total. The zero-order chi connectivity index (χ0) is 12.7. The number of benzene rings is 1. The monoisotopic (exact) mass is 256 g/mol. The molecule has 1 rings (SSSR count). The van der Waals surface area contributed by atoms with Gasteiger partial charge in [-0.05, 0) is 31.7 Å². The summed E-state index contributed by atoms with van der Waals surface area (Å²) < 4.78 is 10.6. The van der Waals surface area contributed by atoms with E-state index in [-0.39, 0.29) is 6.16 Å². The van der Waals surface area contributed by atoms with Gasteiger partial charge in [-0.1, -0.05) is 42.7 Å². The maximum Gasteiger partial charge on any atom is 0.325 e. The van der Waals surface area contributed by atoms with Crippen LogP contribution in [0.25, 0.3) is 0 Å². The molecule has 0 aliphatic heterocycles. The highest BCUT2D eigenvalue weighted by atomic mass is 31.2. The highest BCUT2D eigenvalue weighted by Gasteiger charge is 2.10. The summed E-state index contributed by atoms with van der Waals surface area (Å²) in [6, 6.07) is 8.52. The first kappa shape index (κ1) is 14.4. The molecule has 0 saturated heterocycles. The Morgan fingerprint density at radius 2 is 1.59 bits per heavy atom. The molecule has 4 heteroatoms. The lowest BCUT2D eigenvalue weighted by Crippen LogP contribution is -1.90. The molecule has 0 bridgehead atoms. The zero-order valence-corrected chi connectivity index (χ0v) is 11.2. The number of rotatable bonds is 7. The SMILES string of the molecule is Cc1ccc(CCCCCCP(=O)(O)O)cc1. The van der Waals surface area contributed by atoms with Crippen molar-refractivity contribution in [2.75, 3.05) is 6.16 Å². The van der Waals surface area contributed by atoms with Crippen molar-refractivity contribution < 1.29 is 14.4 Å². The first-order valence-corrected chi connectivity index (χ1v) is 7.87. The predicted molar refractivity (Wildman–Crippen MR) is 70.3 cm³/mol. The summed E-state index contributed by atoms with van der Waals surface area (Å²) in [7, 11) is -3.78. The molecule has 0 heterocycles. The second-order valence-corrected chi connectivity index (χ2v) is 6.31. The third-order valence-corrected chi connectivity index (χ3v) is 3.68. The first-order chi connectivity index (χ1) is 7.97. The molecule has 96 valence electrons. The Bertz CT molecular complexity index is 367. The van der Waals surface area contributed by atoms with Crippen LogP contribution in [0.1, 0.15) is 36.8 Å². The molecule has 1 aromatic rings. The minimum atomic E-state index is -3.78. The lowest BCUT2D eigenvalue weighted by Gasteiger charge is -2.04. The molecule has 0 unspecified atom stereocenters. The van der Waals surface area contributed by atoms with Crippen LogP contribution in [0, 0.1) is 6.92 Å². The summed E-state index contributed by atoms with van der Waals surface area (Å²) >= 11 is 0. The predicted octanol–water partition coefficient (Wildman–Crippen LogP) is 3.28. The molecule has 1 aromatic carbocycles. The van der Waals surface area contributed by atoms with Gasteiger partial charge in [-0.3, -0.25) is 4.57 Å². The Kier molecular flexibility index (Phi) is 5.90. The fourth-order valence-electron chi connectivity index (χ4n) is 1.76. The smallest absolute Gasteiger partial charge is 0.324 e. The maximum atomic E-state index is 10.6. The molecule has 17 heavy (non-hydrogen) atoms. The molecule has 0 fully saturated rings. The molecule has 0 radical (unpaired) electrons. The molecular weight excluding hydrogens is 235 g/mol. The largest absolute Gasteiger partial charge is 0.325 e. The standard InChI is InChI=1S/C13H21O3P/c1-12-7-9-13(10-8-12)6-4-2-3-5-11-17(14,15)16/h7-10H,2-6,11H2,1H3,(H2,14,15,16). The number of aryl methyl sites for hydroxylation is 2. The van der Waals surface area contributed by atoms with Crippen molar-refractivity contribution in [1.29, 1.82) is 0 Å². The molecule has 2 N–H and O–H groups in total. The molecular formula is C13H21O3P. The Morgan fingerprint density at radius 3 is 2.18 bits per heavy atom. The molecule has 0 aromatic heterocycles. The van der Waals surface area contributed by atoms with Crippen LogP contribution in [0.4, 0.5) is 0 Å². The molecule has 0 amide bonds. The summed E-state index contributed by atoms with van der Waals surface area (Å²) in [5, 5.41) is 0. The van der Waals surface area contributed by atoms with Gasteiger partial charge in [-0.15, -0.1) is 0 Å². The van der Waals surface area contributed by atoms with E-state index < -0.39 is 7.60 Å². The van der Waals surface area contributed by atoms with E-state index in [2.05, 4.69) is 31.2 Å². The fourth-order valence-corrected chi connectivity index (χ4v) is 2.39. The fraction of sp³-hybridized carbons (Fsp3) is 0.538. The molecule has 0 atom stereocenters. The lowest BCUT2D eigenvalue weighted by molar-refractivity contribution is 0.370. The summed E-state index contributed by atoms with van der Waals surface area (Å²) in [4.78, 5) is 17.4. The van der Waals surface area contributed by atoms with Gasteiger partial charge in [0.05, 0.1) is 0 Å². The maximum absolute atomic E-state index is 10.6. The van der Waals surface area contributed by atoms with E-state index >= 15 is 0 Å². The number of hydrogen-bond acceptors (Lipinski definition) is 1. The normalized spacial score (nSPS) is 11.7. The minimum absolute atomic E-state index is 0.0253. The van der Waals surface area contributed by atoms with Gasteiger partial charge in [0.25, 0.3) is 0 Å². The van der Waals surface area contributed by atoms with Gasteiger partial charge in [-0.2, -0.15) is 0 Å². The van der Waals surface area contributed by atoms with E-state index in [1.807, 2.05) is 0 Å². The lowest BCUT2D eigenvalue weighted by atomic mass is 10.1. The molecule has 0 aliphatic rings. The van der Waals surface area contributed by atoms with Crippen molar-refractivity contribution in [3.8, 4) is 0 Å². The van der Waals surface area contributed by atoms with Crippen molar-refractivity contribution in [1.82, 2.24) is 0 Å². The van der Waals surface area contributed by atoms with Crippen LogP contribution in [0.5, 0.6) is 0 Å². The quantitative estimate of drug-likeness (QED) is 0.581. The van der Waals surface area contributed by atoms with Crippen LogP contribution in [-0.4, -0.2) is 15.9 Å². The van der Waals surface area contributed by atoms with Gasteiger partial charge in [-0.25, -0.2) is 0 Å². The molecule has 0 aliphatic carbocycles. The van der Waals surface area contributed by atoms with Crippen LogP contribution in [0.3, 0.4) is 0 Å². The Hall–Kier alpha value is -0.630. The van der Waals surface area contributed by atoms with Crippen LogP contribution in [0.15, 0.2) is 24.3 Å². The van der Waals surface area contributed by atoms with Crippen LogP contribution in [-0.2, 0) is 11.0 Å². The van der Waals surface area contributed by atoms with Crippen molar-refractivity contribution in [3.05, 3.63) is 35.4 Å². The Balaban J connectivity index is 2.08. The van der Waals surface area contributed by atoms with Gasteiger partial charge in [0, 0.05) is 6.16 Å². The Morgan fingerprint density at radius 1 is 1.00 bits per heavy atom. The van der Waals surface area contributed by atoms with Gasteiger partial charge < -0.3 is 9.79 Å². The van der Waals surface area contributed by atoms with Gasteiger partial charge in [0.15, 0.2) is 0 Å². The van der Waals surface area contributed by atoms with E-state index in [9.17, 15) is 4.57 Å².